The largest absolute Gasteiger partial charge is 0.372 e. The highest BCUT2D eigenvalue weighted by molar-refractivity contribution is 5.94. The average Bonchev–Trinajstić information content (AvgIpc) is 2.63. The van der Waals surface area contributed by atoms with Crippen LogP contribution in [0.5, 0.6) is 0 Å². The maximum atomic E-state index is 11.9. The Labute approximate surface area is 150 Å². The number of aryl methyl sites for hydroxylation is 1. The molecule has 5 nitrogen and oxygen atoms in total. The summed E-state index contributed by atoms with van der Waals surface area (Å²) in [5.41, 5.74) is 3.99. The zero-order valence-electron chi connectivity index (χ0n) is 15.6. The smallest absolute Gasteiger partial charge is 0.252 e. The summed E-state index contributed by atoms with van der Waals surface area (Å²) in [5.74, 6) is 0.645. The molecule has 0 saturated heterocycles. The van der Waals surface area contributed by atoms with Crippen molar-refractivity contribution < 1.29 is 4.79 Å². The van der Waals surface area contributed by atoms with Gasteiger partial charge in [-0.1, -0.05) is 6.92 Å². The minimum Gasteiger partial charge on any atom is -0.372 e. The summed E-state index contributed by atoms with van der Waals surface area (Å²) in [5, 5.41) is 6.17. The highest BCUT2D eigenvalue weighted by atomic mass is 16.1. The molecule has 134 valence electrons. The van der Waals surface area contributed by atoms with Crippen LogP contribution in [0.2, 0.25) is 0 Å². The van der Waals surface area contributed by atoms with Crippen LogP contribution in [0.4, 0.5) is 17.2 Å². The first-order chi connectivity index (χ1) is 12.1. The van der Waals surface area contributed by atoms with Crippen molar-refractivity contribution in [3.05, 3.63) is 47.7 Å². The molecular weight excluding hydrogens is 312 g/mol. The molecule has 0 aliphatic carbocycles. The highest BCUT2D eigenvalue weighted by Crippen LogP contribution is 2.25. The Morgan fingerprint density at radius 1 is 1.12 bits per heavy atom. The van der Waals surface area contributed by atoms with Gasteiger partial charge in [0.05, 0.1) is 5.56 Å². The second-order valence-corrected chi connectivity index (χ2v) is 5.98. The molecule has 25 heavy (non-hydrogen) atoms. The molecule has 0 spiro atoms. The Morgan fingerprint density at radius 2 is 1.88 bits per heavy atom. The average molecular weight is 340 g/mol. The number of aromatic nitrogens is 1. The van der Waals surface area contributed by atoms with E-state index >= 15 is 0 Å². The third-order valence-corrected chi connectivity index (χ3v) is 4.16. The number of rotatable bonds is 8. The van der Waals surface area contributed by atoms with Crippen molar-refractivity contribution in [2.24, 2.45) is 0 Å². The molecule has 0 aliphatic heterocycles. The van der Waals surface area contributed by atoms with E-state index in [0.29, 0.717) is 12.1 Å². The molecule has 2 N–H and O–H groups in total. The van der Waals surface area contributed by atoms with Gasteiger partial charge < -0.3 is 15.5 Å². The van der Waals surface area contributed by atoms with Crippen molar-refractivity contribution in [3.8, 4) is 0 Å². The molecule has 0 bridgehead atoms. The fourth-order valence-electron chi connectivity index (χ4n) is 2.65. The summed E-state index contributed by atoms with van der Waals surface area (Å²) in [6, 6.07) is 10.0. The normalized spacial score (nSPS) is 10.4. The Morgan fingerprint density at radius 3 is 2.44 bits per heavy atom. The van der Waals surface area contributed by atoms with Crippen LogP contribution in [0.15, 0.2) is 36.5 Å². The summed E-state index contributed by atoms with van der Waals surface area (Å²) >= 11 is 0. The van der Waals surface area contributed by atoms with Crippen LogP contribution in [-0.4, -0.2) is 30.5 Å². The number of hydrogen-bond acceptors (Lipinski definition) is 4. The zero-order chi connectivity index (χ0) is 18.2. The van der Waals surface area contributed by atoms with Gasteiger partial charge in [-0.05, 0) is 63.1 Å². The van der Waals surface area contributed by atoms with Gasteiger partial charge in [-0.2, -0.15) is 0 Å². The van der Waals surface area contributed by atoms with Gasteiger partial charge in [-0.25, -0.2) is 4.98 Å². The Bertz CT molecular complexity index is 693. The van der Waals surface area contributed by atoms with Crippen LogP contribution >= 0.6 is 0 Å². The first kappa shape index (κ1) is 18.8. The van der Waals surface area contributed by atoms with Crippen molar-refractivity contribution >= 4 is 23.1 Å². The number of anilines is 3. The SMILES string of the molecule is CCCNC(=O)c1ccc(Nc2ccc(N(CC)CC)cc2C)nc1. The second kappa shape index (κ2) is 9.06. The van der Waals surface area contributed by atoms with Gasteiger partial charge in [0.15, 0.2) is 0 Å². The van der Waals surface area contributed by atoms with Gasteiger partial charge in [0.2, 0.25) is 0 Å². The van der Waals surface area contributed by atoms with Gasteiger partial charge >= 0.3 is 0 Å². The number of amides is 1. The van der Waals surface area contributed by atoms with Crippen LogP contribution in [0.1, 0.15) is 43.1 Å². The van der Waals surface area contributed by atoms with E-state index in [1.165, 1.54) is 5.69 Å². The number of pyridine rings is 1. The number of carbonyl (C=O) groups excluding carboxylic acids is 1. The maximum Gasteiger partial charge on any atom is 0.252 e. The van der Waals surface area contributed by atoms with Crippen LogP contribution in [0, 0.1) is 6.92 Å². The molecule has 0 unspecified atom stereocenters. The third-order valence-electron chi connectivity index (χ3n) is 4.16. The maximum absolute atomic E-state index is 11.9. The Kier molecular flexibility index (Phi) is 6.81. The minimum atomic E-state index is -0.0827. The van der Waals surface area contributed by atoms with E-state index < -0.39 is 0 Å². The van der Waals surface area contributed by atoms with Crippen LogP contribution in [0.25, 0.3) is 0 Å². The lowest BCUT2D eigenvalue weighted by atomic mass is 10.1. The van der Waals surface area contributed by atoms with Gasteiger partial charge in [-0.15, -0.1) is 0 Å². The van der Waals surface area contributed by atoms with Crippen LogP contribution in [-0.2, 0) is 0 Å². The summed E-state index contributed by atoms with van der Waals surface area (Å²) < 4.78 is 0. The third kappa shape index (κ3) is 4.95. The number of nitrogens with zero attached hydrogens (tertiary/aromatic N) is 2. The number of hydrogen-bond donors (Lipinski definition) is 2. The van der Waals surface area contributed by atoms with E-state index in [-0.39, 0.29) is 5.91 Å². The minimum absolute atomic E-state index is 0.0827. The van der Waals surface area contributed by atoms with Crippen molar-refractivity contribution in [2.45, 2.75) is 34.1 Å². The van der Waals surface area contributed by atoms with E-state index in [4.69, 9.17) is 0 Å². The lowest BCUT2D eigenvalue weighted by Crippen LogP contribution is -2.24. The van der Waals surface area contributed by atoms with E-state index in [0.717, 1.165) is 36.6 Å². The summed E-state index contributed by atoms with van der Waals surface area (Å²) in [7, 11) is 0. The van der Waals surface area contributed by atoms with Crippen molar-refractivity contribution in [1.82, 2.24) is 10.3 Å². The van der Waals surface area contributed by atoms with Crippen LogP contribution in [0.3, 0.4) is 0 Å². The van der Waals surface area contributed by atoms with E-state index in [1.54, 1.807) is 12.3 Å². The standard InChI is InChI=1S/C20H28N4O/c1-5-12-21-20(25)16-8-11-19(22-14-16)23-18-10-9-17(13-15(18)4)24(6-2)7-3/h8-11,13-14H,5-7,12H2,1-4H3,(H,21,25)(H,22,23). The molecule has 2 rings (SSSR count). The summed E-state index contributed by atoms with van der Waals surface area (Å²) in [6.45, 7) is 11.1. The van der Waals surface area contributed by atoms with E-state index in [1.807, 2.05) is 13.0 Å². The number of benzene rings is 1. The first-order valence-electron chi connectivity index (χ1n) is 8.95. The Hall–Kier alpha value is -2.56. The second-order valence-electron chi connectivity index (χ2n) is 5.98. The van der Waals surface area contributed by atoms with Gasteiger partial charge in [0.25, 0.3) is 5.91 Å². The summed E-state index contributed by atoms with van der Waals surface area (Å²) in [4.78, 5) is 18.6. The molecule has 0 saturated carbocycles. The molecule has 1 aromatic heterocycles. The molecule has 2 aromatic rings. The highest BCUT2D eigenvalue weighted by Gasteiger charge is 2.08. The zero-order valence-corrected chi connectivity index (χ0v) is 15.6. The van der Waals surface area contributed by atoms with Crippen LogP contribution < -0.4 is 15.5 Å². The molecule has 0 aliphatic rings. The van der Waals surface area contributed by atoms with Gasteiger partial charge in [-0.3, -0.25) is 4.79 Å². The molecule has 0 radical (unpaired) electrons. The molecule has 0 fully saturated rings. The fraction of sp³-hybridized carbons (Fsp3) is 0.400. The lowest BCUT2D eigenvalue weighted by molar-refractivity contribution is 0.0953. The Balaban J connectivity index is 2.08. The lowest BCUT2D eigenvalue weighted by Gasteiger charge is -2.22. The molecule has 0 atom stereocenters. The quantitative estimate of drug-likeness (QED) is 0.759. The van der Waals surface area contributed by atoms with E-state index in [2.05, 4.69) is 59.5 Å². The fourth-order valence-corrected chi connectivity index (χ4v) is 2.65. The monoisotopic (exact) mass is 340 g/mol. The van der Waals surface area contributed by atoms with Gasteiger partial charge in [0, 0.05) is 37.2 Å². The number of nitrogens with one attached hydrogen (secondary N) is 2. The van der Waals surface area contributed by atoms with Gasteiger partial charge in [0.1, 0.15) is 5.82 Å². The van der Waals surface area contributed by atoms with Crippen molar-refractivity contribution in [1.29, 1.82) is 0 Å². The van der Waals surface area contributed by atoms with E-state index in [9.17, 15) is 4.79 Å². The first-order valence-corrected chi connectivity index (χ1v) is 8.95. The number of carbonyl (C=O) groups is 1. The van der Waals surface area contributed by atoms with Crippen molar-refractivity contribution in [2.75, 3.05) is 29.9 Å². The van der Waals surface area contributed by atoms with Crippen molar-refractivity contribution in [3.63, 3.8) is 0 Å². The topological polar surface area (TPSA) is 57.3 Å². The predicted molar refractivity (Wildman–Crippen MR) is 105 cm³/mol. The molecule has 1 aromatic carbocycles. The molecule has 1 heterocycles. The summed E-state index contributed by atoms with van der Waals surface area (Å²) in [6.07, 6.45) is 2.52. The molecular formula is C20H28N4O. The molecule has 1 amide bonds. The predicted octanol–water partition coefficient (Wildman–Crippen LogP) is 4.12. The molecule has 5 heteroatoms.